The van der Waals surface area contributed by atoms with Gasteiger partial charge in [-0.1, -0.05) is 27.2 Å². The fourth-order valence-corrected chi connectivity index (χ4v) is 2.75. The van der Waals surface area contributed by atoms with E-state index in [-0.39, 0.29) is 35.7 Å². The van der Waals surface area contributed by atoms with Crippen LogP contribution in [-0.4, -0.2) is 29.1 Å². The number of aliphatic carboxylic acids is 1. The van der Waals surface area contributed by atoms with Crippen LogP contribution in [0.5, 0.6) is 0 Å². The van der Waals surface area contributed by atoms with Gasteiger partial charge in [-0.25, -0.2) is 0 Å². The quantitative estimate of drug-likeness (QED) is 0.706. The summed E-state index contributed by atoms with van der Waals surface area (Å²) >= 11 is 0. The van der Waals surface area contributed by atoms with Crippen molar-refractivity contribution in [1.29, 1.82) is 0 Å². The zero-order chi connectivity index (χ0) is 14.6. The standard InChI is InChI=1S/C14H26N2O3/c1-14(2,3)8-9(7-12(17)18)16-13(19)10-5-4-6-11(10)15/h9-11H,4-8,15H2,1-3H3,(H,16,19)(H,17,18). The molecular weight excluding hydrogens is 244 g/mol. The predicted octanol–water partition coefficient (Wildman–Crippen LogP) is 1.51. The van der Waals surface area contributed by atoms with Crippen molar-refractivity contribution in [2.45, 2.75) is 65.0 Å². The van der Waals surface area contributed by atoms with Crippen LogP contribution in [0.15, 0.2) is 0 Å². The molecule has 3 atom stereocenters. The molecule has 1 amide bonds. The first kappa shape index (κ1) is 16.0. The average Bonchev–Trinajstić information content (AvgIpc) is 2.60. The number of carbonyl (C=O) groups excluding carboxylic acids is 1. The molecule has 1 aliphatic rings. The number of hydrogen-bond donors (Lipinski definition) is 3. The Morgan fingerprint density at radius 3 is 2.42 bits per heavy atom. The molecule has 0 heterocycles. The van der Waals surface area contributed by atoms with Crippen LogP contribution in [0.25, 0.3) is 0 Å². The van der Waals surface area contributed by atoms with E-state index in [0.717, 1.165) is 19.3 Å². The number of amides is 1. The lowest BCUT2D eigenvalue weighted by atomic mass is 9.86. The van der Waals surface area contributed by atoms with E-state index in [4.69, 9.17) is 10.8 Å². The second-order valence-electron chi connectivity index (χ2n) is 6.77. The largest absolute Gasteiger partial charge is 0.481 e. The lowest BCUT2D eigenvalue weighted by molar-refractivity contribution is -0.138. The molecule has 0 aliphatic heterocycles. The van der Waals surface area contributed by atoms with Crippen molar-refractivity contribution in [3.8, 4) is 0 Å². The molecular formula is C14H26N2O3. The molecule has 0 aromatic rings. The zero-order valence-corrected chi connectivity index (χ0v) is 12.1. The number of nitrogens with one attached hydrogen (secondary N) is 1. The topological polar surface area (TPSA) is 92.4 Å². The third kappa shape index (κ3) is 5.59. The summed E-state index contributed by atoms with van der Waals surface area (Å²) in [6, 6.07) is -0.405. The van der Waals surface area contributed by atoms with Gasteiger partial charge in [-0.05, 0) is 24.7 Å². The lowest BCUT2D eigenvalue weighted by Gasteiger charge is -2.27. The molecule has 1 fully saturated rings. The van der Waals surface area contributed by atoms with Gasteiger partial charge in [-0.2, -0.15) is 0 Å². The van der Waals surface area contributed by atoms with Crippen molar-refractivity contribution in [2.24, 2.45) is 17.1 Å². The first-order chi connectivity index (χ1) is 8.69. The molecule has 5 nitrogen and oxygen atoms in total. The number of carbonyl (C=O) groups is 2. The van der Waals surface area contributed by atoms with Crippen molar-refractivity contribution in [2.75, 3.05) is 0 Å². The Bertz CT molecular complexity index is 336. The van der Waals surface area contributed by atoms with E-state index in [1.54, 1.807) is 0 Å². The summed E-state index contributed by atoms with van der Waals surface area (Å²) in [5.74, 6) is -1.12. The monoisotopic (exact) mass is 270 g/mol. The highest BCUT2D eigenvalue weighted by Gasteiger charge is 2.32. The normalized spacial score (nSPS) is 25.1. The molecule has 0 aromatic heterocycles. The van der Waals surface area contributed by atoms with Crippen LogP contribution in [0, 0.1) is 11.3 Å². The first-order valence-electron chi connectivity index (χ1n) is 6.97. The molecule has 0 bridgehead atoms. The second kappa shape index (κ2) is 6.37. The molecule has 110 valence electrons. The maximum Gasteiger partial charge on any atom is 0.305 e. The molecule has 19 heavy (non-hydrogen) atoms. The molecule has 1 saturated carbocycles. The van der Waals surface area contributed by atoms with Gasteiger partial charge in [0, 0.05) is 12.1 Å². The molecule has 1 rings (SSSR count). The van der Waals surface area contributed by atoms with Crippen LogP contribution in [0.2, 0.25) is 0 Å². The Hall–Kier alpha value is -1.10. The van der Waals surface area contributed by atoms with Crippen molar-refractivity contribution in [1.82, 2.24) is 5.32 Å². The lowest BCUT2D eigenvalue weighted by Crippen LogP contribution is -2.45. The van der Waals surface area contributed by atoms with Gasteiger partial charge in [0.05, 0.1) is 12.3 Å². The van der Waals surface area contributed by atoms with Gasteiger partial charge in [-0.3, -0.25) is 9.59 Å². The number of carboxylic acid groups (broad SMARTS) is 1. The maximum absolute atomic E-state index is 12.1. The van der Waals surface area contributed by atoms with Crippen molar-refractivity contribution < 1.29 is 14.7 Å². The Kier molecular flexibility index (Phi) is 5.35. The predicted molar refractivity (Wildman–Crippen MR) is 73.6 cm³/mol. The van der Waals surface area contributed by atoms with Crippen molar-refractivity contribution in [3.05, 3.63) is 0 Å². The highest BCUT2D eigenvalue weighted by Crippen LogP contribution is 2.26. The minimum absolute atomic E-state index is 0.0226. The second-order valence-corrected chi connectivity index (χ2v) is 6.77. The molecule has 3 unspecified atom stereocenters. The molecule has 4 N–H and O–H groups in total. The average molecular weight is 270 g/mol. The Morgan fingerprint density at radius 1 is 1.37 bits per heavy atom. The smallest absolute Gasteiger partial charge is 0.305 e. The van der Waals surface area contributed by atoms with Crippen LogP contribution >= 0.6 is 0 Å². The van der Waals surface area contributed by atoms with Crippen LogP contribution < -0.4 is 11.1 Å². The highest BCUT2D eigenvalue weighted by molar-refractivity contribution is 5.80. The summed E-state index contributed by atoms with van der Waals surface area (Å²) in [6.07, 6.45) is 3.27. The summed E-state index contributed by atoms with van der Waals surface area (Å²) in [6.45, 7) is 6.11. The number of nitrogens with two attached hydrogens (primary N) is 1. The van der Waals surface area contributed by atoms with Gasteiger partial charge in [0.2, 0.25) is 5.91 Å². The van der Waals surface area contributed by atoms with E-state index >= 15 is 0 Å². The molecule has 0 radical (unpaired) electrons. The van der Waals surface area contributed by atoms with Gasteiger partial charge in [0.15, 0.2) is 0 Å². The van der Waals surface area contributed by atoms with E-state index in [2.05, 4.69) is 5.32 Å². The number of rotatable bonds is 5. The zero-order valence-electron chi connectivity index (χ0n) is 12.1. The minimum atomic E-state index is -0.884. The summed E-state index contributed by atoms with van der Waals surface area (Å²) < 4.78 is 0. The van der Waals surface area contributed by atoms with E-state index in [1.807, 2.05) is 20.8 Å². The SMILES string of the molecule is CC(C)(C)CC(CC(=O)O)NC(=O)C1CCCC1N. The first-order valence-corrected chi connectivity index (χ1v) is 6.97. The summed E-state index contributed by atoms with van der Waals surface area (Å²) in [7, 11) is 0. The van der Waals surface area contributed by atoms with Crippen LogP contribution in [-0.2, 0) is 9.59 Å². The van der Waals surface area contributed by atoms with Crippen LogP contribution in [0.3, 0.4) is 0 Å². The number of hydrogen-bond acceptors (Lipinski definition) is 3. The highest BCUT2D eigenvalue weighted by atomic mass is 16.4. The third-order valence-corrected chi connectivity index (χ3v) is 3.53. The number of carboxylic acids is 1. The van der Waals surface area contributed by atoms with Gasteiger partial charge in [0.25, 0.3) is 0 Å². The third-order valence-electron chi connectivity index (χ3n) is 3.53. The molecule has 0 aromatic carbocycles. The van der Waals surface area contributed by atoms with E-state index in [9.17, 15) is 9.59 Å². The van der Waals surface area contributed by atoms with Crippen LogP contribution in [0.1, 0.15) is 52.9 Å². The maximum atomic E-state index is 12.1. The summed E-state index contributed by atoms with van der Waals surface area (Å²) in [5, 5.41) is 11.8. The molecule has 5 heteroatoms. The van der Waals surface area contributed by atoms with Gasteiger partial charge >= 0.3 is 5.97 Å². The Labute approximate surface area is 114 Å². The Balaban J connectivity index is 2.60. The van der Waals surface area contributed by atoms with Gasteiger partial charge in [0.1, 0.15) is 0 Å². The fourth-order valence-electron chi connectivity index (χ4n) is 2.75. The fraction of sp³-hybridized carbons (Fsp3) is 0.857. The Morgan fingerprint density at radius 2 is 2.00 bits per heavy atom. The minimum Gasteiger partial charge on any atom is -0.481 e. The van der Waals surface area contributed by atoms with E-state index in [0.29, 0.717) is 6.42 Å². The van der Waals surface area contributed by atoms with Gasteiger partial charge < -0.3 is 16.2 Å². The van der Waals surface area contributed by atoms with E-state index < -0.39 is 5.97 Å². The van der Waals surface area contributed by atoms with Crippen LogP contribution in [0.4, 0.5) is 0 Å². The summed E-state index contributed by atoms with van der Waals surface area (Å²) in [5.41, 5.74) is 5.88. The molecule has 0 spiro atoms. The van der Waals surface area contributed by atoms with E-state index in [1.165, 1.54) is 0 Å². The molecule has 1 aliphatic carbocycles. The summed E-state index contributed by atoms with van der Waals surface area (Å²) in [4.78, 5) is 23.0. The van der Waals surface area contributed by atoms with Gasteiger partial charge in [-0.15, -0.1) is 0 Å². The molecule has 0 saturated heterocycles. The van der Waals surface area contributed by atoms with Crippen molar-refractivity contribution in [3.63, 3.8) is 0 Å². The van der Waals surface area contributed by atoms with Crippen molar-refractivity contribution >= 4 is 11.9 Å².